The Hall–Kier alpha value is -1.76. The number of hydrogen-bond donors (Lipinski definition) is 1. The van der Waals surface area contributed by atoms with Crippen molar-refractivity contribution in [3.63, 3.8) is 0 Å². The van der Waals surface area contributed by atoms with Crippen molar-refractivity contribution in [3.05, 3.63) is 35.9 Å². The monoisotopic (exact) mass is 367 g/mol. The zero-order valence-corrected chi connectivity index (χ0v) is 13.7. The number of carbonyl (C=O) groups is 1. The van der Waals surface area contributed by atoms with E-state index in [0.29, 0.717) is 29.1 Å². The lowest BCUT2D eigenvalue weighted by molar-refractivity contribution is -0.121. The lowest BCUT2D eigenvalue weighted by Gasteiger charge is -2.08. The van der Waals surface area contributed by atoms with Crippen LogP contribution < -0.4 is 5.32 Å². The van der Waals surface area contributed by atoms with Gasteiger partial charge < -0.3 is 9.84 Å². The number of halogens is 2. The molecule has 1 saturated carbocycles. The van der Waals surface area contributed by atoms with Gasteiger partial charge in [-0.3, -0.25) is 4.79 Å². The Kier molecular flexibility index (Phi) is 3.76. The van der Waals surface area contributed by atoms with Crippen LogP contribution in [0.1, 0.15) is 19.7 Å². The first-order valence-electron chi connectivity index (χ1n) is 6.98. The average Bonchev–Trinajstić information content (AvgIpc) is 2.89. The molecule has 1 fully saturated rings. The molecular formula is C15H15BrFN3O2. The molecule has 2 aromatic rings. The highest BCUT2D eigenvalue weighted by molar-refractivity contribution is 9.10. The highest BCUT2D eigenvalue weighted by Gasteiger charge is 2.62. The third-order valence-corrected chi connectivity index (χ3v) is 6.09. The Balaban J connectivity index is 1.63. The van der Waals surface area contributed by atoms with Gasteiger partial charge in [0.1, 0.15) is 10.1 Å². The van der Waals surface area contributed by atoms with Crippen LogP contribution in [0, 0.1) is 17.7 Å². The predicted molar refractivity (Wildman–Crippen MR) is 81.5 cm³/mol. The van der Waals surface area contributed by atoms with Crippen LogP contribution >= 0.6 is 15.9 Å². The molecule has 0 unspecified atom stereocenters. The summed E-state index contributed by atoms with van der Waals surface area (Å²) in [4.78, 5) is 16.3. The Morgan fingerprint density at radius 2 is 2.00 bits per heavy atom. The fraction of sp³-hybridized carbons (Fsp3) is 0.400. The van der Waals surface area contributed by atoms with E-state index in [0.717, 1.165) is 0 Å². The topological polar surface area (TPSA) is 68.0 Å². The summed E-state index contributed by atoms with van der Waals surface area (Å²) in [5.41, 5.74) is 0.632. The zero-order chi connectivity index (χ0) is 15.9. The van der Waals surface area contributed by atoms with E-state index in [1.807, 2.05) is 13.8 Å². The molecule has 0 bridgehead atoms. The Morgan fingerprint density at radius 1 is 1.36 bits per heavy atom. The molecule has 1 amide bonds. The number of carbonyl (C=O) groups excluding carboxylic acids is 1. The Bertz CT molecular complexity index is 693. The molecule has 5 nitrogen and oxygen atoms in total. The normalized spacial score (nSPS) is 26.7. The second kappa shape index (κ2) is 5.46. The maximum absolute atomic E-state index is 12.9. The molecule has 1 heterocycles. The van der Waals surface area contributed by atoms with Gasteiger partial charge in [0.15, 0.2) is 5.82 Å². The van der Waals surface area contributed by atoms with E-state index in [-0.39, 0.29) is 18.3 Å². The third-order valence-electron chi connectivity index (χ3n) is 4.28. The fourth-order valence-electron chi connectivity index (χ4n) is 2.47. The number of aromatic nitrogens is 2. The summed E-state index contributed by atoms with van der Waals surface area (Å²) in [7, 11) is 0. The summed E-state index contributed by atoms with van der Waals surface area (Å²) in [6.45, 7) is 4.25. The first-order chi connectivity index (χ1) is 10.4. The van der Waals surface area contributed by atoms with Gasteiger partial charge in [-0.15, -0.1) is 0 Å². The standard InChI is InChI=1S/C15H15BrFN3O2/c1-8-9(2)15(8,16)14(21)18-7-12-19-13(22-20-12)10-3-5-11(17)6-4-10/h3-6,8-9H,7H2,1-2H3,(H,18,21)/t8-,9-/m1/s1. The summed E-state index contributed by atoms with van der Waals surface area (Å²) in [6.07, 6.45) is 0. The minimum absolute atomic E-state index is 0.0689. The molecule has 22 heavy (non-hydrogen) atoms. The van der Waals surface area contributed by atoms with E-state index in [1.165, 1.54) is 12.1 Å². The molecule has 1 aromatic carbocycles. The molecule has 0 radical (unpaired) electrons. The number of alkyl halides is 1. The molecule has 2 atom stereocenters. The minimum atomic E-state index is -0.490. The largest absolute Gasteiger partial charge is 0.347 e. The van der Waals surface area contributed by atoms with Crippen molar-refractivity contribution < 1.29 is 13.7 Å². The number of rotatable bonds is 4. The smallest absolute Gasteiger partial charge is 0.257 e. The van der Waals surface area contributed by atoms with Gasteiger partial charge in [-0.1, -0.05) is 34.9 Å². The molecule has 116 valence electrons. The van der Waals surface area contributed by atoms with Crippen LogP contribution in [0.2, 0.25) is 0 Å². The van der Waals surface area contributed by atoms with Crippen molar-refractivity contribution >= 4 is 21.8 Å². The van der Waals surface area contributed by atoms with Gasteiger partial charge in [0.25, 0.3) is 5.89 Å². The van der Waals surface area contributed by atoms with Gasteiger partial charge in [0.2, 0.25) is 5.91 Å². The van der Waals surface area contributed by atoms with Crippen molar-refractivity contribution in [1.82, 2.24) is 15.5 Å². The average molecular weight is 368 g/mol. The van der Waals surface area contributed by atoms with Crippen LogP contribution in [-0.2, 0) is 11.3 Å². The van der Waals surface area contributed by atoms with Crippen molar-refractivity contribution in [2.45, 2.75) is 24.7 Å². The lowest BCUT2D eigenvalue weighted by Crippen LogP contribution is -2.34. The van der Waals surface area contributed by atoms with Gasteiger partial charge in [0.05, 0.1) is 6.54 Å². The lowest BCUT2D eigenvalue weighted by atomic mass is 10.2. The minimum Gasteiger partial charge on any atom is -0.347 e. The summed E-state index contributed by atoms with van der Waals surface area (Å²) in [5, 5.41) is 6.62. The Morgan fingerprint density at radius 3 is 2.59 bits per heavy atom. The molecule has 1 N–H and O–H groups in total. The van der Waals surface area contributed by atoms with Crippen LogP contribution in [0.5, 0.6) is 0 Å². The summed E-state index contributed by atoms with van der Waals surface area (Å²) in [6, 6.07) is 5.77. The second-order valence-electron chi connectivity index (χ2n) is 5.55. The van der Waals surface area contributed by atoms with E-state index in [9.17, 15) is 9.18 Å². The molecule has 7 heteroatoms. The van der Waals surface area contributed by atoms with Crippen LogP contribution in [0.15, 0.2) is 28.8 Å². The first-order valence-corrected chi connectivity index (χ1v) is 7.78. The summed E-state index contributed by atoms with van der Waals surface area (Å²) < 4.78 is 17.5. The zero-order valence-electron chi connectivity index (χ0n) is 12.1. The van der Waals surface area contributed by atoms with E-state index >= 15 is 0 Å². The van der Waals surface area contributed by atoms with Crippen LogP contribution in [0.25, 0.3) is 11.5 Å². The van der Waals surface area contributed by atoms with Gasteiger partial charge in [0, 0.05) is 5.56 Å². The van der Waals surface area contributed by atoms with E-state index in [1.54, 1.807) is 12.1 Å². The molecule has 0 spiro atoms. The maximum atomic E-state index is 12.9. The maximum Gasteiger partial charge on any atom is 0.257 e. The molecule has 0 aliphatic heterocycles. The van der Waals surface area contributed by atoms with E-state index in [2.05, 4.69) is 31.4 Å². The Labute approximate surface area is 135 Å². The summed E-state index contributed by atoms with van der Waals surface area (Å²) >= 11 is 3.50. The van der Waals surface area contributed by atoms with Crippen LogP contribution in [0.3, 0.4) is 0 Å². The number of amides is 1. The highest BCUT2D eigenvalue weighted by atomic mass is 79.9. The van der Waals surface area contributed by atoms with Crippen molar-refractivity contribution in [2.24, 2.45) is 11.8 Å². The number of benzene rings is 1. The van der Waals surface area contributed by atoms with E-state index in [4.69, 9.17) is 4.52 Å². The molecular weight excluding hydrogens is 353 g/mol. The van der Waals surface area contributed by atoms with E-state index < -0.39 is 4.32 Å². The first kappa shape index (κ1) is 15.1. The van der Waals surface area contributed by atoms with Crippen LogP contribution in [0.4, 0.5) is 4.39 Å². The van der Waals surface area contributed by atoms with Crippen molar-refractivity contribution in [1.29, 1.82) is 0 Å². The number of nitrogens with zero attached hydrogens (tertiary/aromatic N) is 2. The molecule has 1 aliphatic carbocycles. The molecule has 3 rings (SSSR count). The molecule has 0 saturated heterocycles. The van der Waals surface area contributed by atoms with Gasteiger partial charge in [-0.2, -0.15) is 4.98 Å². The molecule has 1 aromatic heterocycles. The summed E-state index contributed by atoms with van der Waals surface area (Å²) in [5.74, 6) is 0.877. The number of hydrogen-bond acceptors (Lipinski definition) is 4. The number of nitrogens with one attached hydrogen (secondary N) is 1. The van der Waals surface area contributed by atoms with Gasteiger partial charge in [-0.05, 0) is 36.1 Å². The third kappa shape index (κ3) is 2.54. The second-order valence-corrected chi connectivity index (χ2v) is 6.86. The SMILES string of the molecule is C[C@@H]1[C@@H](C)C1(Br)C(=O)NCc1noc(-c2ccc(F)cc2)n1. The highest BCUT2D eigenvalue weighted by Crippen LogP contribution is 2.56. The van der Waals surface area contributed by atoms with Gasteiger partial charge >= 0.3 is 0 Å². The quantitative estimate of drug-likeness (QED) is 0.843. The van der Waals surface area contributed by atoms with Gasteiger partial charge in [-0.25, -0.2) is 4.39 Å². The predicted octanol–water partition coefficient (Wildman–Crippen LogP) is 2.91. The van der Waals surface area contributed by atoms with Crippen molar-refractivity contribution in [2.75, 3.05) is 0 Å². The van der Waals surface area contributed by atoms with Crippen molar-refractivity contribution in [3.8, 4) is 11.5 Å². The fourth-order valence-corrected chi connectivity index (χ4v) is 3.27. The van der Waals surface area contributed by atoms with Crippen LogP contribution in [-0.4, -0.2) is 20.4 Å². The molecule has 1 aliphatic rings.